The highest BCUT2D eigenvalue weighted by molar-refractivity contribution is 5.98. The van der Waals surface area contributed by atoms with Crippen LogP contribution in [-0.2, 0) is 16.0 Å². The molecular formula is C18H23ClN2O4. The van der Waals surface area contributed by atoms with Gasteiger partial charge >= 0.3 is 11.9 Å². The predicted molar refractivity (Wildman–Crippen MR) is 87.9 cm³/mol. The Morgan fingerprint density at radius 2 is 1.72 bits per heavy atom. The molecule has 6 nitrogen and oxygen atoms in total. The SMILES string of the molecule is CCOC(=O)c1[nH]c(C[n+]2ccccc2C)c(C(=O)OCC)c1C.[Cl-]. The van der Waals surface area contributed by atoms with Gasteiger partial charge in [-0.1, -0.05) is 6.07 Å². The van der Waals surface area contributed by atoms with Gasteiger partial charge in [-0.15, -0.1) is 0 Å². The number of hydrogen-bond acceptors (Lipinski definition) is 4. The average Bonchev–Trinajstić information content (AvgIpc) is 2.86. The number of carbonyl (C=O) groups is 2. The first-order valence-electron chi connectivity index (χ1n) is 8.00. The lowest BCUT2D eigenvalue weighted by Crippen LogP contribution is -3.00. The third-order valence-electron chi connectivity index (χ3n) is 3.78. The fraction of sp³-hybridized carbons (Fsp3) is 0.389. The van der Waals surface area contributed by atoms with Crippen molar-refractivity contribution in [1.82, 2.24) is 4.98 Å². The van der Waals surface area contributed by atoms with Crippen LogP contribution in [0.3, 0.4) is 0 Å². The summed E-state index contributed by atoms with van der Waals surface area (Å²) in [6.45, 7) is 8.17. The molecule has 0 aromatic carbocycles. The van der Waals surface area contributed by atoms with Gasteiger partial charge in [0.2, 0.25) is 0 Å². The van der Waals surface area contributed by atoms with E-state index in [1.807, 2.05) is 35.9 Å². The van der Waals surface area contributed by atoms with Crippen molar-refractivity contribution in [1.29, 1.82) is 0 Å². The zero-order valence-electron chi connectivity index (χ0n) is 14.9. The standard InChI is InChI=1S/C18H22N2O4.ClH/c1-5-23-17(21)15-13(4)16(18(22)24-6-2)19-14(15)11-20-10-8-7-9-12(20)3;/h7-10H,5-6,11H2,1-4H3;1H. The van der Waals surface area contributed by atoms with Crippen LogP contribution in [0, 0.1) is 13.8 Å². The van der Waals surface area contributed by atoms with Crippen LogP contribution in [0.5, 0.6) is 0 Å². The average molecular weight is 367 g/mol. The van der Waals surface area contributed by atoms with E-state index in [2.05, 4.69) is 4.98 Å². The van der Waals surface area contributed by atoms with E-state index in [0.717, 1.165) is 5.69 Å². The topological polar surface area (TPSA) is 72.3 Å². The number of hydrogen-bond donors (Lipinski definition) is 1. The number of aromatic nitrogens is 2. The molecule has 0 saturated carbocycles. The molecule has 0 amide bonds. The molecule has 2 heterocycles. The molecule has 0 aliphatic carbocycles. The molecule has 0 bridgehead atoms. The number of aromatic amines is 1. The van der Waals surface area contributed by atoms with Crippen molar-refractivity contribution in [3.05, 3.63) is 52.6 Å². The van der Waals surface area contributed by atoms with Gasteiger partial charge in [-0.2, -0.15) is 4.57 Å². The van der Waals surface area contributed by atoms with Crippen LogP contribution >= 0.6 is 0 Å². The Labute approximate surface area is 153 Å². The number of esters is 2. The zero-order chi connectivity index (χ0) is 17.7. The lowest BCUT2D eigenvalue weighted by Gasteiger charge is -2.04. The number of rotatable bonds is 6. The summed E-state index contributed by atoms with van der Waals surface area (Å²) in [5.74, 6) is -0.910. The van der Waals surface area contributed by atoms with Gasteiger partial charge in [0.05, 0.1) is 24.5 Å². The maximum atomic E-state index is 12.4. The van der Waals surface area contributed by atoms with Gasteiger partial charge in [0.1, 0.15) is 5.69 Å². The third-order valence-corrected chi connectivity index (χ3v) is 3.78. The van der Waals surface area contributed by atoms with Crippen molar-refractivity contribution in [3.8, 4) is 0 Å². The van der Waals surface area contributed by atoms with Crippen molar-refractivity contribution < 1.29 is 36.0 Å². The maximum absolute atomic E-state index is 12.4. The van der Waals surface area contributed by atoms with Crippen molar-refractivity contribution in [2.75, 3.05) is 13.2 Å². The van der Waals surface area contributed by atoms with Crippen LogP contribution in [0.4, 0.5) is 0 Å². The molecule has 0 fully saturated rings. The lowest BCUT2D eigenvalue weighted by atomic mass is 10.1. The van der Waals surface area contributed by atoms with Crippen LogP contribution in [0.1, 0.15) is 51.6 Å². The Morgan fingerprint density at radius 1 is 1.08 bits per heavy atom. The van der Waals surface area contributed by atoms with Crippen molar-refractivity contribution in [3.63, 3.8) is 0 Å². The molecule has 2 rings (SSSR count). The summed E-state index contributed by atoms with van der Waals surface area (Å²) in [6, 6.07) is 5.84. The molecule has 0 unspecified atom stereocenters. The van der Waals surface area contributed by atoms with E-state index in [1.165, 1.54) is 0 Å². The van der Waals surface area contributed by atoms with Crippen molar-refractivity contribution >= 4 is 11.9 Å². The summed E-state index contributed by atoms with van der Waals surface area (Å²) in [6.07, 6.45) is 1.92. The van der Waals surface area contributed by atoms with E-state index in [0.29, 0.717) is 29.1 Å². The van der Waals surface area contributed by atoms with E-state index >= 15 is 0 Å². The van der Waals surface area contributed by atoms with Crippen LogP contribution in [-0.4, -0.2) is 30.1 Å². The van der Waals surface area contributed by atoms with E-state index < -0.39 is 11.9 Å². The molecule has 0 atom stereocenters. The van der Waals surface area contributed by atoms with Gasteiger partial charge in [0.25, 0.3) is 0 Å². The monoisotopic (exact) mass is 366 g/mol. The second kappa shape index (κ2) is 9.22. The van der Waals surface area contributed by atoms with Crippen LogP contribution < -0.4 is 17.0 Å². The molecule has 7 heteroatoms. The first-order valence-corrected chi connectivity index (χ1v) is 8.00. The molecule has 2 aromatic rings. The quantitative estimate of drug-likeness (QED) is 0.543. The summed E-state index contributed by atoms with van der Waals surface area (Å²) in [5, 5.41) is 0. The molecule has 136 valence electrons. The number of pyridine rings is 1. The molecule has 25 heavy (non-hydrogen) atoms. The Balaban J connectivity index is 0.00000312. The Morgan fingerprint density at radius 3 is 2.32 bits per heavy atom. The number of ether oxygens (including phenoxy) is 2. The number of nitrogens with zero attached hydrogens (tertiary/aromatic N) is 1. The summed E-state index contributed by atoms with van der Waals surface area (Å²) < 4.78 is 12.2. The summed E-state index contributed by atoms with van der Waals surface area (Å²) >= 11 is 0. The number of halogens is 1. The van der Waals surface area contributed by atoms with Gasteiger partial charge < -0.3 is 26.9 Å². The molecule has 0 spiro atoms. The van der Waals surface area contributed by atoms with Crippen molar-refractivity contribution in [2.24, 2.45) is 0 Å². The number of aryl methyl sites for hydroxylation is 1. The summed E-state index contributed by atoms with van der Waals surface area (Å²) in [4.78, 5) is 27.5. The highest BCUT2D eigenvalue weighted by Gasteiger charge is 2.27. The Kier molecular flexibility index (Phi) is 7.64. The third kappa shape index (κ3) is 4.60. The van der Waals surface area contributed by atoms with Crippen molar-refractivity contribution in [2.45, 2.75) is 34.2 Å². The van der Waals surface area contributed by atoms with Crippen LogP contribution in [0.25, 0.3) is 0 Å². The lowest BCUT2D eigenvalue weighted by molar-refractivity contribution is -0.694. The predicted octanol–water partition coefficient (Wildman–Crippen LogP) is -0.675. The number of carbonyl (C=O) groups excluding carboxylic acids is 2. The maximum Gasteiger partial charge on any atom is 0.355 e. The van der Waals surface area contributed by atoms with E-state index in [9.17, 15) is 9.59 Å². The molecule has 0 saturated heterocycles. The fourth-order valence-electron chi connectivity index (χ4n) is 2.57. The molecule has 1 N–H and O–H groups in total. The minimum Gasteiger partial charge on any atom is -1.00 e. The fourth-order valence-corrected chi connectivity index (χ4v) is 2.57. The van der Waals surface area contributed by atoms with Gasteiger partial charge in [0.15, 0.2) is 18.4 Å². The molecule has 0 aliphatic rings. The smallest absolute Gasteiger partial charge is 0.355 e. The first-order chi connectivity index (χ1) is 11.5. The van der Waals surface area contributed by atoms with Gasteiger partial charge in [0, 0.05) is 19.1 Å². The normalized spacial score (nSPS) is 10.1. The number of nitrogens with one attached hydrogen (secondary N) is 1. The van der Waals surface area contributed by atoms with Crippen LogP contribution in [0.15, 0.2) is 24.4 Å². The first kappa shape index (κ1) is 20.7. The minimum absolute atomic E-state index is 0. The largest absolute Gasteiger partial charge is 1.00 e. The second-order valence-electron chi connectivity index (χ2n) is 5.39. The molecular weight excluding hydrogens is 344 g/mol. The van der Waals surface area contributed by atoms with E-state index in [4.69, 9.17) is 9.47 Å². The molecule has 0 radical (unpaired) electrons. The van der Waals surface area contributed by atoms with Gasteiger partial charge in [-0.25, -0.2) is 9.59 Å². The highest BCUT2D eigenvalue weighted by Crippen LogP contribution is 2.21. The Bertz CT molecular complexity index is 756. The van der Waals surface area contributed by atoms with Gasteiger partial charge in [-0.3, -0.25) is 0 Å². The number of H-pyrrole nitrogens is 1. The Hall–Kier alpha value is -2.34. The minimum atomic E-state index is -0.471. The summed E-state index contributed by atoms with van der Waals surface area (Å²) in [7, 11) is 0. The van der Waals surface area contributed by atoms with Crippen LogP contribution in [0.2, 0.25) is 0 Å². The zero-order valence-corrected chi connectivity index (χ0v) is 15.6. The van der Waals surface area contributed by atoms with Gasteiger partial charge in [-0.05, 0) is 26.3 Å². The molecule has 0 aliphatic heterocycles. The molecule has 2 aromatic heterocycles. The van der Waals surface area contributed by atoms with E-state index in [-0.39, 0.29) is 25.6 Å². The second-order valence-corrected chi connectivity index (χ2v) is 5.39. The summed E-state index contributed by atoms with van der Waals surface area (Å²) in [5.41, 5.74) is 2.92. The highest BCUT2D eigenvalue weighted by atomic mass is 35.5. The van der Waals surface area contributed by atoms with E-state index in [1.54, 1.807) is 20.8 Å².